The zero-order valence-electron chi connectivity index (χ0n) is 8.01. The van der Waals surface area contributed by atoms with Gasteiger partial charge in [-0.2, -0.15) is 0 Å². The fourth-order valence-corrected chi connectivity index (χ4v) is 1.65. The van der Waals surface area contributed by atoms with Crippen molar-refractivity contribution < 1.29 is 5.11 Å². The molecule has 2 atom stereocenters. The molecule has 0 radical (unpaired) electrons. The predicted octanol–water partition coefficient (Wildman–Crippen LogP) is 0.0973. The van der Waals surface area contributed by atoms with Crippen LogP contribution in [-0.2, 0) is 0 Å². The Bertz CT molecular complexity index is 128. The molecule has 0 aromatic carbocycles. The number of nitrogens with one attached hydrogen (secondary N) is 2. The smallest absolute Gasteiger partial charge is 0.0817 e. The Kier molecular flexibility index (Phi) is 3.98. The Balaban J connectivity index is 2.36. The Morgan fingerprint density at radius 1 is 1.50 bits per heavy atom. The standard InChI is InChI=1S/C9H20N2O/c1-7(2)11-8-4-3-5-10-6-9(8)12/h7-12H,3-6H2,1-2H3. The van der Waals surface area contributed by atoms with Crippen LogP contribution in [0.4, 0.5) is 0 Å². The number of aliphatic hydroxyl groups is 1. The van der Waals surface area contributed by atoms with Crippen LogP contribution in [0, 0.1) is 0 Å². The highest BCUT2D eigenvalue weighted by molar-refractivity contribution is 4.81. The molecule has 1 aliphatic heterocycles. The van der Waals surface area contributed by atoms with Crippen molar-refractivity contribution in [2.24, 2.45) is 0 Å². The van der Waals surface area contributed by atoms with E-state index < -0.39 is 0 Å². The van der Waals surface area contributed by atoms with Gasteiger partial charge in [-0.1, -0.05) is 13.8 Å². The van der Waals surface area contributed by atoms with E-state index in [2.05, 4.69) is 24.5 Å². The summed E-state index contributed by atoms with van der Waals surface area (Å²) in [5.74, 6) is 0. The highest BCUT2D eigenvalue weighted by atomic mass is 16.3. The summed E-state index contributed by atoms with van der Waals surface area (Å²) < 4.78 is 0. The first-order valence-electron chi connectivity index (χ1n) is 4.85. The van der Waals surface area contributed by atoms with Crippen molar-refractivity contribution in [3.63, 3.8) is 0 Å². The molecule has 1 fully saturated rings. The van der Waals surface area contributed by atoms with Gasteiger partial charge in [-0.15, -0.1) is 0 Å². The van der Waals surface area contributed by atoms with Gasteiger partial charge in [0.25, 0.3) is 0 Å². The summed E-state index contributed by atoms with van der Waals surface area (Å²) in [6.07, 6.45) is 2.00. The molecule has 1 rings (SSSR count). The van der Waals surface area contributed by atoms with Crippen molar-refractivity contribution in [3.05, 3.63) is 0 Å². The van der Waals surface area contributed by atoms with Crippen LogP contribution in [0.2, 0.25) is 0 Å². The van der Waals surface area contributed by atoms with E-state index in [1.807, 2.05) is 0 Å². The summed E-state index contributed by atoms with van der Waals surface area (Å²) in [7, 11) is 0. The van der Waals surface area contributed by atoms with Crippen LogP contribution in [0.5, 0.6) is 0 Å². The zero-order chi connectivity index (χ0) is 8.97. The first-order valence-corrected chi connectivity index (χ1v) is 4.85. The van der Waals surface area contributed by atoms with E-state index in [1.54, 1.807) is 0 Å². The molecule has 72 valence electrons. The molecule has 12 heavy (non-hydrogen) atoms. The molecule has 0 bridgehead atoms. The van der Waals surface area contributed by atoms with Crippen molar-refractivity contribution in [3.8, 4) is 0 Å². The summed E-state index contributed by atoms with van der Waals surface area (Å²) in [5.41, 5.74) is 0. The van der Waals surface area contributed by atoms with E-state index in [4.69, 9.17) is 0 Å². The Hall–Kier alpha value is -0.120. The van der Waals surface area contributed by atoms with Gasteiger partial charge >= 0.3 is 0 Å². The molecular weight excluding hydrogens is 152 g/mol. The second-order valence-electron chi connectivity index (χ2n) is 3.84. The van der Waals surface area contributed by atoms with Gasteiger partial charge in [-0.3, -0.25) is 0 Å². The molecule has 1 aliphatic rings. The summed E-state index contributed by atoms with van der Waals surface area (Å²) in [6.45, 7) is 5.99. The van der Waals surface area contributed by atoms with Gasteiger partial charge in [0.15, 0.2) is 0 Å². The van der Waals surface area contributed by atoms with Gasteiger partial charge in [0.1, 0.15) is 0 Å². The van der Waals surface area contributed by atoms with Gasteiger partial charge < -0.3 is 15.7 Å². The van der Waals surface area contributed by atoms with Crippen molar-refractivity contribution in [2.75, 3.05) is 13.1 Å². The molecule has 3 nitrogen and oxygen atoms in total. The molecule has 0 spiro atoms. The summed E-state index contributed by atoms with van der Waals surface area (Å²) in [6, 6.07) is 0.739. The van der Waals surface area contributed by atoms with Gasteiger partial charge in [-0.05, 0) is 19.4 Å². The number of rotatable bonds is 2. The maximum absolute atomic E-state index is 9.67. The van der Waals surface area contributed by atoms with Crippen molar-refractivity contribution >= 4 is 0 Å². The van der Waals surface area contributed by atoms with Crippen molar-refractivity contribution in [1.29, 1.82) is 0 Å². The van der Waals surface area contributed by atoms with E-state index in [0.29, 0.717) is 6.04 Å². The largest absolute Gasteiger partial charge is 0.390 e. The first kappa shape index (κ1) is 9.96. The minimum absolute atomic E-state index is 0.227. The third-order valence-corrected chi connectivity index (χ3v) is 2.23. The molecule has 1 saturated heterocycles. The lowest BCUT2D eigenvalue weighted by molar-refractivity contribution is 0.126. The molecule has 0 amide bonds. The van der Waals surface area contributed by atoms with Crippen molar-refractivity contribution in [1.82, 2.24) is 10.6 Å². The van der Waals surface area contributed by atoms with Gasteiger partial charge in [-0.25, -0.2) is 0 Å². The minimum Gasteiger partial charge on any atom is -0.390 e. The summed E-state index contributed by atoms with van der Waals surface area (Å²) >= 11 is 0. The summed E-state index contributed by atoms with van der Waals surface area (Å²) in [5, 5.41) is 16.3. The fraction of sp³-hybridized carbons (Fsp3) is 1.00. The summed E-state index contributed by atoms with van der Waals surface area (Å²) in [4.78, 5) is 0. The van der Waals surface area contributed by atoms with Gasteiger partial charge in [0, 0.05) is 18.6 Å². The molecule has 3 heteroatoms. The monoisotopic (exact) mass is 172 g/mol. The first-order chi connectivity index (χ1) is 5.70. The number of aliphatic hydroxyl groups excluding tert-OH is 1. The van der Waals surface area contributed by atoms with E-state index in [1.165, 1.54) is 0 Å². The molecule has 2 unspecified atom stereocenters. The highest BCUT2D eigenvalue weighted by Crippen LogP contribution is 2.06. The van der Waals surface area contributed by atoms with E-state index in [0.717, 1.165) is 25.9 Å². The van der Waals surface area contributed by atoms with Crippen molar-refractivity contribution in [2.45, 2.75) is 44.9 Å². The van der Waals surface area contributed by atoms with Crippen LogP contribution in [0.25, 0.3) is 0 Å². The minimum atomic E-state index is -0.227. The van der Waals surface area contributed by atoms with Crippen LogP contribution in [0.3, 0.4) is 0 Å². The lowest BCUT2D eigenvalue weighted by Gasteiger charge is -2.23. The molecule has 0 aromatic heterocycles. The quantitative estimate of drug-likeness (QED) is 0.553. The average molecular weight is 172 g/mol. The molecule has 0 saturated carbocycles. The predicted molar refractivity (Wildman–Crippen MR) is 50.2 cm³/mol. The molecule has 0 aromatic rings. The van der Waals surface area contributed by atoms with Crippen LogP contribution in [-0.4, -0.2) is 36.4 Å². The molecule has 1 heterocycles. The van der Waals surface area contributed by atoms with Gasteiger partial charge in [0.2, 0.25) is 0 Å². The van der Waals surface area contributed by atoms with Crippen LogP contribution >= 0.6 is 0 Å². The molecular formula is C9H20N2O. The molecule has 3 N–H and O–H groups in total. The van der Waals surface area contributed by atoms with E-state index in [9.17, 15) is 5.11 Å². The maximum atomic E-state index is 9.67. The Labute approximate surface area is 74.5 Å². The van der Waals surface area contributed by atoms with Crippen LogP contribution in [0.1, 0.15) is 26.7 Å². The van der Waals surface area contributed by atoms with Gasteiger partial charge in [0.05, 0.1) is 6.10 Å². The topological polar surface area (TPSA) is 44.3 Å². The third-order valence-electron chi connectivity index (χ3n) is 2.23. The lowest BCUT2D eigenvalue weighted by Crippen LogP contribution is -2.45. The zero-order valence-corrected chi connectivity index (χ0v) is 8.01. The number of hydrogen-bond acceptors (Lipinski definition) is 3. The van der Waals surface area contributed by atoms with E-state index in [-0.39, 0.29) is 12.1 Å². The number of β-amino-alcohol motifs (C(OH)–C–C–N with tert-alkyl or cyclic N) is 1. The number of hydrogen-bond donors (Lipinski definition) is 3. The van der Waals surface area contributed by atoms with Crippen LogP contribution in [0.15, 0.2) is 0 Å². The third kappa shape index (κ3) is 3.09. The molecule has 0 aliphatic carbocycles. The second kappa shape index (κ2) is 4.80. The Morgan fingerprint density at radius 2 is 2.25 bits per heavy atom. The fourth-order valence-electron chi connectivity index (χ4n) is 1.65. The van der Waals surface area contributed by atoms with Crippen LogP contribution < -0.4 is 10.6 Å². The lowest BCUT2D eigenvalue weighted by atomic mass is 10.1. The average Bonchev–Trinajstić information content (AvgIpc) is 2.16. The van der Waals surface area contributed by atoms with E-state index >= 15 is 0 Å². The normalized spacial score (nSPS) is 32.0. The highest BCUT2D eigenvalue weighted by Gasteiger charge is 2.21. The second-order valence-corrected chi connectivity index (χ2v) is 3.84. The SMILES string of the molecule is CC(C)NC1CCCNCC1O. The Morgan fingerprint density at radius 3 is 2.92 bits per heavy atom. The maximum Gasteiger partial charge on any atom is 0.0817 e.